The van der Waals surface area contributed by atoms with E-state index in [0.29, 0.717) is 36.9 Å². The average molecular weight is 690 g/mol. The van der Waals surface area contributed by atoms with E-state index in [1.165, 1.54) is 13.8 Å². The van der Waals surface area contributed by atoms with E-state index in [1.807, 2.05) is 27.7 Å². The molecule has 0 radical (unpaired) electrons. The first-order chi connectivity index (χ1) is 20.1. The van der Waals surface area contributed by atoms with E-state index in [-0.39, 0.29) is 41.6 Å². The number of carbonyl (C=O) groups excluding carboxylic acids is 2. The molecule has 44 heavy (non-hydrogen) atoms. The second-order valence-electron chi connectivity index (χ2n) is 15.8. The highest BCUT2D eigenvalue weighted by molar-refractivity contribution is 9.09. The summed E-state index contributed by atoms with van der Waals surface area (Å²) in [5, 5.41) is 11.8. The maximum Gasteiger partial charge on any atom is 0.303 e. The van der Waals surface area contributed by atoms with Crippen LogP contribution in [0.5, 0.6) is 0 Å². The quantitative estimate of drug-likeness (QED) is 0.220. The van der Waals surface area contributed by atoms with Crippen molar-refractivity contribution in [3.63, 3.8) is 0 Å². The number of hydrogen-bond donors (Lipinski definition) is 1. The first kappa shape index (κ1) is 36.1. The van der Waals surface area contributed by atoms with Gasteiger partial charge in [-0.25, -0.2) is 0 Å². The third-order valence-electron chi connectivity index (χ3n) is 10.9. The van der Waals surface area contributed by atoms with Crippen LogP contribution in [0.15, 0.2) is 0 Å². The average Bonchev–Trinajstić information content (AvgIpc) is 3.31. The molecule has 0 bridgehead atoms. The highest BCUT2D eigenvalue weighted by Gasteiger charge is 2.56. The van der Waals surface area contributed by atoms with Crippen molar-refractivity contribution >= 4 is 27.9 Å². The molecule has 0 aromatic rings. The molecular formula is C34H57BrO9. The van der Waals surface area contributed by atoms with Crippen LogP contribution in [0.1, 0.15) is 133 Å². The molecule has 0 unspecified atom stereocenters. The summed E-state index contributed by atoms with van der Waals surface area (Å²) < 4.78 is 37.9. The fourth-order valence-electron chi connectivity index (χ4n) is 8.07. The lowest BCUT2D eigenvalue weighted by Gasteiger charge is -2.56. The Morgan fingerprint density at radius 1 is 0.864 bits per heavy atom. The van der Waals surface area contributed by atoms with E-state index in [1.54, 1.807) is 0 Å². The fraction of sp³-hybridized carbons (Fsp3) is 0.941. The topological polar surface area (TPSA) is 110 Å². The third kappa shape index (κ3) is 7.67. The van der Waals surface area contributed by atoms with E-state index in [4.69, 9.17) is 28.4 Å². The molecular weight excluding hydrogens is 632 g/mol. The molecule has 0 amide bonds. The maximum absolute atomic E-state index is 12.2. The summed E-state index contributed by atoms with van der Waals surface area (Å²) in [6, 6.07) is 0. The molecule has 10 atom stereocenters. The molecule has 10 heteroatoms. The van der Waals surface area contributed by atoms with Crippen LogP contribution in [0, 0.1) is 0 Å². The lowest BCUT2D eigenvalue weighted by molar-refractivity contribution is -0.301. The molecule has 0 spiro atoms. The van der Waals surface area contributed by atoms with Crippen LogP contribution in [0.4, 0.5) is 0 Å². The number of alkyl halides is 1. The number of carbonyl (C=O) groups is 2. The zero-order chi connectivity index (χ0) is 32.9. The Morgan fingerprint density at radius 3 is 2.11 bits per heavy atom. The summed E-state index contributed by atoms with van der Waals surface area (Å²) in [6.45, 7) is 18.8. The van der Waals surface area contributed by atoms with Gasteiger partial charge in [-0.3, -0.25) is 9.59 Å². The van der Waals surface area contributed by atoms with Crippen molar-refractivity contribution in [1.82, 2.24) is 0 Å². The molecule has 4 aliphatic heterocycles. The summed E-state index contributed by atoms with van der Waals surface area (Å²) >= 11 is 3.79. The lowest BCUT2D eigenvalue weighted by Crippen LogP contribution is -2.63. The van der Waals surface area contributed by atoms with Crippen molar-refractivity contribution < 1.29 is 43.1 Å². The van der Waals surface area contributed by atoms with E-state index >= 15 is 0 Å². The van der Waals surface area contributed by atoms with Gasteiger partial charge in [0.15, 0.2) is 0 Å². The minimum Gasteiger partial charge on any atom is -0.459 e. The minimum atomic E-state index is -1.15. The van der Waals surface area contributed by atoms with E-state index < -0.39 is 34.5 Å². The number of rotatable bonds is 9. The number of hydrogen-bond acceptors (Lipinski definition) is 9. The Balaban J connectivity index is 1.38. The highest BCUT2D eigenvalue weighted by Crippen LogP contribution is 2.49. The molecule has 4 rings (SSSR count). The molecule has 254 valence electrons. The van der Waals surface area contributed by atoms with Gasteiger partial charge in [0.05, 0.1) is 46.8 Å². The Hall–Kier alpha value is -0.780. The minimum absolute atomic E-state index is 0.00759. The summed E-state index contributed by atoms with van der Waals surface area (Å²) in [4.78, 5) is 24.1. The first-order valence-corrected chi connectivity index (χ1v) is 17.5. The number of fused-ring (bicyclic) bond motifs is 1. The molecule has 4 heterocycles. The number of aliphatic hydroxyl groups is 1. The Labute approximate surface area is 272 Å². The smallest absolute Gasteiger partial charge is 0.303 e. The fourth-order valence-corrected chi connectivity index (χ4v) is 8.39. The van der Waals surface area contributed by atoms with Gasteiger partial charge in [0.25, 0.3) is 0 Å². The van der Waals surface area contributed by atoms with Crippen molar-refractivity contribution in [2.24, 2.45) is 0 Å². The van der Waals surface area contributed by atoms with Crippen molar-refractivity contribution in [1.29, 1.82) is 0 Å². The SMILES string of the molecule is CC(=O)O[C@@H](CC[C@](C)(O)[C@H]1CC[C@@H]2O[C@H]([C@]3(C)CC[C@@H](Br)C(C)(C)O3)CC[C@]2(C)O1)[C@@]1(C)CC[C@H](C(C)(C)OC(C)=O)O1. The zero-order valence-electron chi connectivity index (χ0n) is 28.6. The Bertz CT molecular complexity index is 1060. The molecule has 0 aromatic carbocycles. The first-order valence-electron chi connectivity index (χ1n) is 16.6. The number of halogens is 1. The zero-order valence-corrected chi connectivity index (χ0v) is 30.2. The third-order valence-corrected chi connectivity index (χ3v) is 12.5. The van der Waals surface area contributed by atoms with Crippen LogP contribution < -0.4 is 0 Å². The number of ether oxygens (including phenoxy) is 6. The summed E-state index contributed by atoms with van der Waals surface area (Å²) in [5.41, 5.74) is -3.87. The standard InChI is InChI=1S/C34H57BrO9/c1-21(36)39-27(33(9)19-15-24(42-33)30(5,6)41-22(2)37)14-17-31(7,38)25-11-12-26-32(8,43-25)20-16-28(40-26)34(10)18-13-23(35)29(3,4)44-34/h23-28,38H,11-20H2,1-10H3/t23-,24-,25-,26+,27+,28+,31+,32+,33-,34+/m1/s1. The van der Waals surface area contributed by atoms with Crippen LogP contribution in [-0.4, -0.2) is 86.0 Å². The van der Waals surface area contributed by atoms with Crippen LogP contribution in [-0.2, 0) is 38.0 Å². The van der Waals surface area contributed by atoms with E-state index in [9.17, 15) is 14.7 Å². The van der Waals surface area contributed by atoms with Crippen LogP contribution in [0.2, 0.25) is 0 Å². The maximum atomic E-state index is 12.2. The molecule has 0 aromatic heterocycles. The second-order valence-corrected chi connectivity index (χ2v) is 16.9. The van der Waals surface area contributed by atoms with E-state index in [0.717, 1.165) is 32.1 Å². The predicted octanol–water partition coefficient (Wildman–Crippen LogP) is 6.33. The van der Waals surface area contributed by atoms with Crippen molar-refractivity contribution in [3.05, 3.63) is 0 Å². The molecule has 4 saturated heterocycles. The Kier molecular flexibility index (Phi) is 10.4. The van der Waals surface area contributed by atoms with Gasteiger partial charge < -0.3 is 33.5 Å². The van der Waals surface area contributed by atoms with Crippen molar-refractivity contribution in [2.45, 2.75) is 202 Å². The van der Waals surface area contributed by atoms with Gasteiger partial charge in [-0.1, -0.05) is 15.9 Å². The molecule has 0 aliphatic carbocycles. The molecule has 4 aliphatic rings. The summed E-state index contributed by atoms with van der Waals surface area (Å²) in [6.07, 6.45) is 5.78. The Morgan fingerprint density at radius 2 is 1.50 bits per heavy atom. The highest BCUT2D eigenvalue weighted by atomic mass is 79.9. The monoisotopic (exact) mass is 688 g/mol. The summed E-state index contributed by atoms with van der Waals surface area (Å²) in [7, 11) is 0. The van der Waals surface area contributed by atoms with Crippen molar-refractivity contribution in [3.8, 4) is 0 Å². The van der Waals surface area contributed by atoms with Gasteiger partial charge in [0.2, 0.25) is 0 Å². The molecule has 9 nitrogen and oxygen atoms in total. The van der Waals surface area contributed by atoms with Gasteiger partial charge in [-0.15, -0.1) is 0 Å². The van der Waals surface area contributed by atoms with E-state index in [2.05, 4.69) is 43.6 Å². The van der Waals surface area contributed by atoms with Crippen LogP contribution in [0.3, 0.4) is 0 Å². The molecule has 0 saturated carbocycles. The summed E-state index contributed by atoms with van der Waals surface area (Å²) in [5.74, 6) is -0.763. The van der Waals surface area contributed by atoms with Gasteiger partial charge in [0, 0.05) is 18.7 Å². The molecule has 1 N–H and O–H groups in total. The number of esters is 2. The lowest BCUT2D eigenvalue weighted by atomic mass is 9.75. The van der Waals surface area contributed by atoms with Crippen LogP contribution in [0.25, 0.3) is 0 Å². The van der Waals surface area contributed by atoms with Crippen molar-refractivity contribution in [2.75, 3.05) is 0 Å². The largest absolute Gasteiger partial charge is 0.459 e. The van der Waals surface area contributed by atoms with Gasteiger partial charge >= 0.3 is 11.9 Å². The van der Waals surface area contributed by atoms with Gasteiger partial charge in [0.1, 0.15) is 17.3 Å². The van der Waals surface area contributed by atoms with Gasteiger partial charge in [-0.05, 0) is 120 Å². The predicted molar refractivity (Wildman–Crippen MR) is 170 cm³/mol. The molecule has 4 fully saturated rings. The van der Waals surface area contributed by atoms with Crippen LogP contribution >= 0.6 is 15.9 Å². The van der Waals surface area contributed by atoms with Gasteiger partial charge in [-0.2, -0.15) is 0 Å². The second kappa shape index (κ2) is 12.7. The normalized spacial score (nSPS) is 41.2.